The number of halogens is 4. The van der Waals surface area contributed by atoms with Gasteiger partial charge < -0.3 is 10.6 Å². The molecule has 0 radical (unpaired) electrons. The number of hydrogen-bond acceptors (Lipinski definition) is 4. The lowest BCUT2D eigenvalue weighted by Crippen LogP contribution is -2.45. The molecule has 2 N–H and O–H groups in total. The van der Waals surface area contributed by atoms with E-state index in [1.165, 1.54) is 18.3 Å². The Kier molecular flexibility index (Phi) is 6.76. The summed E-state index contributed by atoms with van der Waals surface area (Å²) in [6, 6.07) is 2.75. The molecular weight excluding hydrogens is 327 g/mol. The van der Waals surface area contributed by atoms with Gasteiger partial charge in [0.25, 0.3) is 5.91 Å². The summed E-state index contributed by atoms with van der Waals surface area (Å²) in [6.07, 6.45) is 3.00. The van der Waals surface area contributed by atoms with Crippen LogP contribution in [0.2, 0.25) is 0 Å². The predicted octanol–water partition coefficient (Wildman–Crippen LogP) is 2.60. The molecule has 1 saturated heterocycles. The van der Waals surface area contributed by atoms with E-state index in [9.17, 15) is 18.0 Å². The first-order chi connectivity index (χ1) is 9.46. The van der Waals surface area contributed by atoms with Crippen molar-refractivity contribution in [3.05, 3.63) is 23.9 Å². The van der Waals surface area contributed by atoms with Gasteiger partial charge >= 0.3 is 5.51 Å². The van der Waals surface area contributed by atoms with Crippen LogP contribution in [0.3, 0.4) is 0 Å². The van der Waals surface area contributed by atoms with Crippen LogP contribution in [0, 0.1) is 0 Å². The molecule has 1 atom stereocenters. The van der Waals surface area contributed by atoms with Crippen LogP contribution in [0.4, 0.5) is 13.2 Å². The van der Waals surface area contributed by atoms with Gasteiger partial charge in [-0.25, -0.2) is 4.98 Å². The van der Waals surface area contributed by atoms with Crippen LogP contribution in [-0.2, 0) is 0 Å². The first kappa shape index (κ1) is 18.1. The Morgan fingerprint density at radius 2 is 2.24 bits per heavy atom. The van der Waals surface area contributed by atoms with E-state index in [0.29, 0.717) is 6.54 Å². The van der Waals surface area contributed by atoms with Gasteiger partial charge in [-0.2, -0.15) is 13.2 Å². The number of nitrogens with one attached hydrogen (secondary N) is 2. The van der Waals surface area contributed by atoms with E-state index in [2.05, 4.69) is 15.6 Å². The summed E-state index contributed by atoms with van der Waals surface area (Å²) >= 11 is -0.370. The number of piperidine rings is 1. The van der Waals surface area contributed by atoms with Gasteiger partial charge in [-0.3, -0.25) is 4.79 Å². The molecule has 118 valence electrons. The van der Waals surface area contributed by atoms with Gasteiger partial charge in [0.05, 0.1) is 5.56 Å². The van der Waals surface area contributed by atoms with Crippen LogP contribution < -0.4 is 10.6 Å². The molecule has 0 spiro atoms. The first-order valence-electron chi connectivity index (χ1n) is 6.18. The van der Waals surface area contributed by atoms with E-state index in [0.717, 1.165) is 19.4 Å². The maximum atomic E-state index is 12.4. The van der Waals surface area contributed by atoms with Crippen molar-refractivity contribution in [2.45, 2.75) is 29.4 Å². The van der Waals surface area contributed by atoms with Crippen molar-refractivity contribution in [3.63, 3.8) is 0 Å². The molecule has 2 heterocycles. The van der Waals surface area contributed by atoms with Crippen molar-refractivity contribution in [2.75, 3.05) is 13.1 Å². The minimum absolute atomic E-state index is 0. The maximum absolute atomic E-state index is 12.4. The highest BCUT2D eigenvalue weighted by molar-refractivity contribution is 8.00. The number of nitrogens with zero attached hydrogens (tertiary/aromatic N) is 1. The Labute approximate surface area is 130 Å². The van der Waals surface area contributed by atoms with Crippen LogP contribution in [0.1, 0.15) is 23.2 Å². The van der Waals surface area contributed by atoms with E-state index in [-0.39, 0.29) is 40.8 Å². The zero-order valence-electron chi connectivity index (χ0n) is 10.9. The van der Waals surface area contributed by atoms with Crippen molar-refractivity contribution >= 4 is 30.1 Å². The van der Waals surface area contributed by atoms with Gasteiger partial charge in [0, 0.05) is 30.5 Å². The Hall–Kier alpha value is -0.990. The van der Waals surface area contributed by atoms with Gasteiger partial charge in [0.2, 0.25) is 0 Å². The number of hydrogen-bond donors (Lipinski definition) is 2. The number of pyridine rings is 1. The first-order valence-corrected chi connectivity index (χ1v) is 7.00. The molecule has 0 bridgehead atoms. The molecule has 1 aromatic rings. The third kappa shape index (κ3) is 5.72. The van der Waals surface area contributed by atoms with Crippen molar-refractivity contribution < 1.29 is 18.0 Å². The van der Waals surface area contributed by atoms with E-state index in [1.54, 1.807) is 0 Å². The lowest BCUT2D eigenvalue weighted by Gasteiger charge is -2.24. The fraction of sp³-hybridized carbons (Fsp3) is 0.500. The summed E-state index contributed by atoms with van der Waals surface area (Å²) < 4.78 is 37.3. The molecule has 1 fully saturated rings. The molecular formula is C12H15ClF3N3OS. The Balaban J connectivity index is 0.00000220. The fourth-order valence-electron chi connectivity index (χ4n) is 1.99. The maximum Gasteiger partial charge on any atom is 0.447 e. The average molecular weight is 342 g/mol. The van der Waals surface area contributed by atoms with Crippen LogP contribution in [0.15, 0.2) is 23.4 Å². The van der Waals surface area contributed by atoms with E-state index in [4.69, 9.17) is 0 Å². The highest BCUT2D eigenvalue weighted by atomic mass is 35.5. The van der Waals surface area contributed by atoms with E-state index >= 15 is 0 Å². The Bertz CT molecular complexity index is 481. The largest absolute Gasteiger partial charge is 0.447 e. The molecule has 0 saturated carbocycles. The van der Waals surface area contributed by atoms with E-state index in [1.807, 2.05) is 0 Å². The molecule has 0 aliphatic carbocycles. The molecule has 1 amide bonds. The van der Waals surface area contributed by atoms with Crippen molar-refractivity contribution in [2.24, 2.45) is 0 Å². The number of rotatable bonds is 3. The molecule has 21 heavy (non-hydrogen) atoms. The number of amides is 1. The van der Waals surface area contributed by atoms with Crippen LogP contribution >= 0.6 is 24.2 Å². The minimum atomic E-state index is -4.46. The summed E-state index contributed by atoms with van der Waals surface area (Å²) in [7, 11) is 0. The van der Waals surface area contributed by atoms with Gasteiger partial charge in [0.15, 0.2) is 0 Å². The molecule has 1 aromatic heterocycles. The SMILES string of the molecule is Cl.O=C(NC1CCCNC1)c1cccnc1SC(F)(F)F. The zero-order valence-corrected chi connectivity index (χ0v) is 12.6. The van der Waals surface area contributed by atoms with Gasteiger partial charge in [-0.15, -0.1) is 12.4 Å². The standard InChI is InChI=1S/C12H14F3N3OS.ClH/c13-12(14,15)20-11-9(4-2-6-17-11)10(19)18-8-3-1-5-16-7-8;/h2,4,6,8,16H,1,3,5,7H2,(H,18,19);1H. The lowest BCUT2D eigenvalue weighted by atomic mass is 10.1. The van der Waals surface area contributed by atoms with Gasteiger partial charge in [-0.05, 0) is 31.5 Å². The molecule has 4 nitrogen and oxygen atoms in total. The number of aromatic nitrogens is 1. The highest BCUT2D eigenvalue weighted by Crippen LogP contribution is 2.37. The molecule has 0 aromatic carbocycles. The predicted molar refractivity (Wildman–Crippen MR) is 76.8 cm³/mol. The second-order valence-electron chi connectivity index (χ2n) is 4.42. The molecule has 1 aliphatic rings. The lowest BCUT2D eigenvalue weighted by molar-refractivity contribution is -0.0329. The van der Waals surface area contributed by atoms with Crippen molar-refractivity contribution in [1.82, 2.24) is 15.6 Å². The topological polar surface area (TPSA) is 54.0 Å². The monoisotopic (exact) mass is 341 g/mol. The van der Waals surface area contributed by atoms with Crippen LogP contribution in [-0.4, -0.2) is 35.5 Å². The molecule has 1 unspecified atom stereocenters. The number of carbonyl (C=O) groups is 1. The quantitative estimate of drug-likeness (QED) is 0.830. The third-order valence-corrected chi connectivity index (χ3v) is 3.61. The summed E-state index contributed by atoms with van der Waals surface area (Å²) in [5.74, 6) is -0.515. The van der Waals surface area contributed by atoms with Crippen LogP contribution in [0.25, 0.3) is 0 Å². The fourth-order valence-corrected chi connectivity index (χ4v) is 2.60. The number of thioether (sulfide) groups is 1. The highest BCUT2D eigenvalue weighted by Gasteiger charge is 2.32. The second kappa shape index (κ2) is 7.86. The summed E-state index contributed by atoms with van der Waals surface area (Å²) in [4.78, 5) is 15.7. The smallest absolute Gasteiger partial charge is 0.348 e. The van der Waals surface area contributed by atoms with Gasteiger partial charge in [0.1, 0.15) is 5.03 Å². The second-order valence-corrected chi connectivity index (χ2v) is 5.47. The van der Waals surface area contributed by atoms with Crippen LogP contribution in [0.5, 0.6) is 0 Å². The van der Waals surface area contributed by atoms with Crippen molar-refractivity contribution in [3.8, 4) is 0 Å². The number of carbonyl (C=O) groups excluding carboxylic acids is 1. The summed E-state index contributed by atoms with van der Waals surface area (Å²) in [5.41, 5.74) is -4.50. The number of alkyl halides is 3. The Morgan fingerprint density at radius 1 is 1.48 bits per heavy atom. The average Bonchev–Trinajstić information content (AvgIpc) is 2.38. The molecule has 1 aliphatic heterocycles. The summed E-state index contributed by atoms with van der Waals surface area (Å²) in [6.45, 7) is 1.53. The summed E-state index contributed by atoms with van der Waals surface area (Å²) in [5, 5.41) is 5.55. The normalized spacial score (nSPS) is 18.7. The van der Waals surface area contributed by atoms with Gasteiger partial charge in [-0.1, -0.05) is 0 Å². The minimum Gasteiger partial charge on any atom is -0.348 e. The molecule has 9 heteroatoms. The van der Waals surface area contributed by atoms with E-state index < -0.39 is 11.4 Å². The third-order valence-electron chi connectivity index (χ3n) is 2.86. The molecule has 2 rings (SSSR count). The Morgan fingerprint density at radius 3 is 2.86 bits per heavy atom. The zero-order chi connectivity index (χ0) is 14.6. The van der Waals surface area contributed by atoms with Crippen molar-refractivity contribution in [1.29, 1.82) is 0 Å².